The molecule has 3 N–H and O–H groups in total. The zero-order valence-electron chi connectivity index (χ0n) is 10.9. The van der Waals surface area contributed by atoms with Crippen molar-refractivity contribution in [2.45, 2.75) is 20.3 Å². The van der Waals surface area contributed by atoms with Crippen molar-refractivity contribution in [3.05, 3.63) is 35.9 Å². The third-order valence-corrected chi connectivity index (χ3v) is 3.58. The minimum Gasteiger partial charge on any atom is -0.399 e. The van der Waals surface area contributed by atoms with E-state index in [2.05, 4.69) is 19.2 Å². The predicted molar refractivity (Wildman–Crippen MR) is 74.8 cm³/mol. The van der Waals surface area contributed by atoms with Gasteiger partial charge in [0.05, 0.1) is 0 Å². The maximum Gasteiger partial charge on any atom is 0.244 e. The molecule has 0 saturated heterocycles. The second-order valence-corrected chi connectivity index (χ2v) is 5.64. The summed E-state index contributed by atoms with van der Waals surface area (Å²) in [6, 6.07) is 7.46. The lowest BCUT2D eigenvalue weighted by Gasteiger charge is -2.03. The van der Waals surface area contributed by atoms with Crippen molar-refractivity contribution in [3.63, 3.8) is 0 Å². The zero-order valence-corrected chi connectivity index (χ0v) is 10.9. The molecule has 1 aromatic rings. The number of hydrogen-bond acceptors (Lipinski definition) is 2. The van der Waals surface area contributed by atoms with Gasteiger partial charge in [-0.3, -0.25) is 4.79 Å². The second kappa shape index (κ2) is 4.84. The van der Waals surface area contributed by atoms with Gasteiger partial charge in [0, 0.05) is 18.3 Å². The Hall–Kier alpha value is -1.77. The van der Waals surface area contributed by atoms with Crippen LogP contribution in [0.25, 0.3) is 6.08 Å². The monoisotopic (exact) mass is 244 g/mol. The largest absolute Gasteiger partial charge is 0.399 e. The average molecular weight is 244 g/mol. The summed E-state index contributed by atoms with van der Waals surface area (Å²) >= 11 is 0. The number of nitrogens with two attached hydrogens (primary N) is 1. The van der Waals surface area contributed by atoms with E-state index in [-0.39, 0.29) is 5.91 Å². The quantitative estimate of drug-likeness (QED) is 0.631. The van der Waals surface area contributed by atoms with Crippen LogP contribution in [0.5, 0.6) is 0 Å². The number of carbonyl (C=O) groups is 1. The maximum absolute atomic E-state index is 11.6. The minimum atomic E-state index is -0.0416. The summed E-state index contributed by atoms with van der Waals surface area (Å²) < 4.78 is 0. The Bertz CT molecular complexity index is 477. The van der Waals surface area contributed by atoms with Gasteiger partial charge in [-0.25, -0.2) is 0 Å². The van der Waals surface area contributed by atoms with Crippen LogP contribution in [0.1, 0.15) is 25.8 Å². The van der Waals surface area contributed by atoms with Gasteiger partial charge in [-0.15, -0.1) is 0 Å². The highest BCUT2D eigenvalue weighted by Gasteiger charge is 2.45. The fraction of sp³-hybridized carbons (Fsp3) is 0.400. The van der Waals surface area contributed by atoms with Crippen molar-refractivity contribution in [3.8, 4) is 0 Å². The molecule has 2 rings (SSSR count). The Kier molecular flexibility index (Phi) is 3.41. The Morgan fingerprint density at radius 3 is 2.89 bits per heavy atom. The van der Waals surface area contributed by atoms with Crippen LogP contribution in [0.2, 0.25) is 0 Å². The van der Waals surface area contributed by atoms with Crippen molar-refractivity contribution in [1.29, 1.82) is 0 Å². The lowest BCUT2D eigenvalue weighted by molar-refractivity contribution is -0.116. The van der Waals surface area contributed by atoms with Crippen molar-refractivity contribution in [2.75, 3.05) is 12.3 Å². The van der Waals surface area contributed by atoms with Crippen LogP contribution < -0.4 is 11.1 Å². The number of nitrogens with one attached hydrogen (secondary N) is 1. The Labute approximate surface area is 108 Å². The van der Waals surface area contributed by atoms with Crippen molar-refractivity contribution in [2.24, 2.45) is 11.3 Å². The number of nitrogen functional groups attached to an aromatic ring is 1. The molecule has 96 valence electrons. The second-order valence-electron chi connectivity index (χ2n) is 5.64. The van der Waals surface area contributed by atoms with Gasteiger partial charge in [0.25, 0.3) is 0 Å². The highest BCUT2D eigenvalue weighted by atomic mass is 16.1. The number of rotatable bonds is 4. The van der Waals surface area contributed by atoms with Crippen LogP contribution in [0, 0.1) is 11.3 Å². The summed E-state index contributed by atoms with van der Waals surface area (Å²) in [6.45, 7) is 5.23. The molecule has 0 heterocycles. The third-order valence-electron chi connectivity index (χ3n) is 3.58. The fourth-order valence-electron chi connectivity index (χ4n) is 2.04. The van der Waals surface area contributed by atoms with Crippen molar-refractivity contribution >= 4 is 17.7 Å². The van der Waals surface area contributed by atoms with Gasteiger partial charge in [-0.1, -0.05) is 26.0 Å². The van der Waals surface area contributed by atoms with Crippen molar-refractivity contribution < 1.29 is 4.79 Å². The van der Waals surface area contributed by atoms with Gasteiger partial charge in [-0.2, -0.15) is 0 Å². The summed E-state index contributed by atoms with van der Waals surface area (Å²) in [5, 5.41) is 2.93. The molecule has 1 unspecified atom stereocenters. The molecule has 3 heteroatoms. The molecule has 0 aromatic heterocycles. The molecule has 1 saturated carbocycles. The van der Waals surface area contributed by atoms with E-state index in [1.54, 1.807) is 12.2 Å². The molecule has 3 nitrogen and oxygen atoms in total. The standard InChI is InChI=1S/C15H20N2O/c1-15(2)9-12(15)10-17-14(18)7-6-11-4-3-5-13(16)8-11/h3-8,12H,9-10,16H2,1-2H3,(H,17,18)/b7-6+. The molecule has 18 heavy (non-hydrogen) atoms. The molecule has 1 fully saturated rings. The smallest absolute Gasteiger partial charge is 0.244 e. The SMILES string of the molecule is CC1(C)CC1CNC(=O)/C=C/c1cccc(N)c1. The van der Waals surface area contributed by atoms with Crippen LogP contribution in [-0.4, -0.2) is 12.5 Å². The number of anilines is 1. The van der Waals surface area contributed by atoms with Crippen LogP contribution in [-0.2, 0) is 4.79 Å². The highest BCUT2D eigenvalue weighted by Crippen LogP contribution is 2.50. The summed E-state index contributed by atoms with van der Waals surface area (Å²) in [4.78, 5) is 11.6. The molecular weight excluding hydrogens is 224 g/mol. The first-order valence-electron chi connectivity index (χ1n) is 6.29. The maximum atomic E-state index is 11.6. The van der Waals surface area contributed by atoms with Crippen LogP contribution in [0.15, 0.2) is 30.3 Å². The van der Waals surface area contributed by atoms with E-state index in [4.69, 9.17) is 5.73 Å². The number of carbonyl (C=O) groups excluding carboxylic acids is 1. The molecule has 1 aromatic carbocycles. The lowest BCUT2D eigenvalue weighted by atomic mass is 10.1. The zero-order chi connectivity index (χ0) is 13.2. The summed E-state index contributed by atoms with van der Waals surface area (Å²) in [6.07, 6.45) is 4.54. The Morgan fingerprint density at radius 2 is 2.28 bits per heavy atom. The van der Waals surface area contributed by atoms with Crippen LogP contribution >= 0.6 is 0 Å². The van der Waals surface area contributed by atoms with Gasteiger partial charge >= 0.3 is 0 Å². The summed E-state index contributed by atoms with van der Waals surface area (Å²) in [7, 11) is 0. The molecule has 0 radical (unpaired) electrons. The number of benzene rings is 1. The molecular formula is C15H20N2O. The fourth-order valence-corrected chi connectivity index (χ4v) is 2.04. The molecule has 1 atom stereocenters. The minimum absolute atomic E-state index is 0.0416. The molecule has 1 aliphatic carbocycles. The van der Waals surface area contributed by atoms with E-state index >= 15 is 0 Å². The molecule has 0 spiro atoms. The average Bonchev–Trinajstić information content (AvgIpc) is 2.92. The first-order chi connectivity index (χ1) is 8.47. The van der Waals surface area contributed by atoms with Crippen LogP contribution in [0.4, 0.5) is 5.69 Å². The van der Waals surface area contributed by atoms with Gasteiger partial charge in [0.1, 0.15) is 0 Å². The van der Waals surface area contributed by atoms with Gasteiger partial charge in [-0.05, 0) is 41.5 Å². The van der Waals surface area contributed by atoms with E-state index in [1.807, 2.05) is 24.3 Å². The Morgan fingerprint density at radius 1 is 1.56 bits per heavy atom. The molecule has 0 aliphatic heterocycles. The molecule has 0 bridgehead atoms. The third kappa shape index (κ3) is 3.36. The number of hydrogen-bond donors (Lipinski definition) is 2. The van der Waals surface area contributed by atoms with Crippen LogP contribution in [0.3, 0.4) is 0 Å². The Balaban J connectivity index is 1.80. The topological polar surface area (TPSA) is 55.1 Å². The predicted octanol–water partition coefficient (Wildman–Crippen LogP) is 2.44. The van der Waals surface area contributed by atoms with Gasteiger partial charge < -0.3 is 11.1 Å². The highest BCUT2D eigenvalue weighted by molar-refractivity contribution is 5.91. The first kappa shape index (κ1) is 12.7. The van der Waals surface area contributed by atoms with E-state index in [9.17, 15) is 4.79 Å². The summed E-state index contributed by atoms with van der Waals surface area (Å²) in [5.74, 6) is 0.586. The van der Waals surface area contributed by atoms with E-state index in [0.29, 0.717) is 17.0 Å². The number of amides is 1. The van der Waals surface area contributed by atoms with Gasteiger partial charge in [0.2, 0.25) is 5.91 Å². The van der Waals surface area contributed by atoms with E-state index in [0.717, 1.165) is 12.1 Å². The van der Waals surface area contributed by atoms with E-state index < -0.39 is 0 Å². The lowest BCUT2D eigenvalue weighted by Crippen LogP contribution is -2.24. The normalized spacial score (nSPS) is 20.9. The van der Waals surface area contributed by atoms with E-state index in [1.165, 1.54) is 6.42 Å². The molecule has 1 aliphatic rings. The van der Waals surface area contributed by atoms with Crippen molar-refractivity contribution in [1.82, 2.24) is 5.32 Å². The summed E-state index contributed by atoms with van der Waals surface area (Å²) in [5.41, 5.74) is 7.72. The van der Waals surface area contributed by atoms with Gasteiger partial charge in [0.15, 0.2) is 0 Å². The molecule has 1 amide bonds. The first-order valence-corrected chi connectivity index (χ1v) is 6.29.